The molecule has 2 rings (SSSR count). The molecule has 1 heterocycles. The van der Waals surface area contributed by atoms with Gasteiger partial charge >= 0.3 is 0 Å². The van der Waals surface area contributed by atoms with E-state index >= 15 is 0 Å². The van der Waals surface area contributed by atoms with Crippen molar-refractivity contribution in [3.63, 3.8) is 0 Å². The second-order valence-electron chi connectivity index (χ2n) is 7.99. The number of hydrogen-bond donors (Lipinski definition) is 2. The largest absolute Gasteiger partial charge is 0.356 e. The fourth-order valence-electron chi connectivity index (χ4n) is 3.45. The third-order valence-corrected chi connectivity index (χ3v) is 5.08. The van der Waals surface area contributed by atoms with Crippen molar-refractivity contribution in [3.8, 4) is 0 Å². The minimum atomic E-state index is 0.234. The minimum Gasteiger partial charge on any atom is -0.356 e. The molecule has 0 fully saturated rings. The number of fused-ring (bicyclic) bond motifs is 1. The van der Waals surface area contributed by atoms with Gasteiger partial charge in [-0.1, -0.05) is 51.0 Å². The van der Waals surface area contributed by atoms with E-state index in [4.69, 9.17) is 0 Å². The number of hydrogen-bond acceptors (Lipinski definition) is 2. The lowest BCUT2D eigenvalue weighted by Gasteiger charge is -2.19. The Morgan fingerprint density at radius 2 is 1.78 bits per heavy atom. The van der Waals surface area contributed by atoms with E-state index in [2.05, 4.69) is 48.5 Å². The molecule has 0 saturated heterocycles. The predicted molar refractivity (Wildman–Crippen MR) is 113 cm³/mol. The lowest BCUT2D eigenvalue weighted by molar-refractivity contribution is -0.131. The summed E-state index contributed by atoms with van der Waals surface area (Å²) in [4.78, 5) is 18.7. The molecule has 5 heteroatoms. The van der Waals surface area contributed by atoms with E-state index in [1.54, 1.807) is 7.05 Å². The second kappa shape index (κ2) is 11.0. The first kappa shape index (κ1) is 21.3. The molecular weight excluding hydrogens is 336 g/mol. The van der Waals surface area contributed by atoms with Crippen LogP contribution in [0.1, 0.15) is 64.0 Å². The summed E-state index contributed by atoms with van der Waals surface area (Å²) in [6.45, 7) is 8.98. The van der Waals surface area contributed by atoms with Gasteiger partial charge in [-0.2, -0.15) is 0 Å². The summed E-state index contributed by atoms with van der Waals surface area (Å²) in [6, 6.07) is 8.71. The van der Waals surface area contributed by atoms with Gasteiger partial charge in [0, 0.05) is 39.1 Å². The molecule has 0 spiro atoms. The molecule has 27 heavy (non-hydrogen) atoms. The van der Waals surface area contributed by atoms with Crippen molar-refractivity contribution in [3.05, 3.63) is 35.4 Å². The number of rotatable bonds is 9. The first-order valence-corrected chi connectivity index (χ1v) is 10.3. The van der Waals surface area contributed by atoms with Crippen LogP contribution in [0.15, 0.2) is 29.3 Å². The van der Waals surface area contributed by atoms with Crippen molar-refractivity contribution in [1.82, 2.24) is 15.5 Å². The van der Waals surface area contributed by atoms with Crippen molar-refractivity contribution >= 4 is 11.9 Å². The van der Waals surface area contributed by atoms with Crippen LogP contribution < -0.4 is 10.6 Å². The minimum absolute atomic E-state index is 0.234. The van der Waals surface area contributed by atoms with Gasteiger partial charge in [0.15, 0.2) is 5.96 Å². The molecule has 1 aliphatic rings. The molecule has 1 aliphatic heterocycles. The monoisotopic (exact) mass is 372 g/mol. The number of nitrogens with zero attached hydrogens (tertiary/aromatic N) is 2. The van der Waals surface area contributed by atoms with Gasteiger partial charge in [0.25, 0.3) is 0 Å². The van der Waals surface area contributed by atoms with Crippen LogP contribution in [0.2, 0.25) is 0 Å². The number of carbonyl (C=O) groups is 1. The third kappa shape index (κ3) is 7.24. The summed E-state index contributed by atoms with van der Waals surface area (Å²) in [6.07, 6.45) is 5.03. The molecule has 0 aliphatic carbocycles. The normalized spacial score (nSPS) is 15.0. The number of carbonyl (C=O) groups excluding carboxylic acids is 1. The first-order valence-electron chi connectivity index (χ1n) is 10.3. The highest BCUT2D eigenvalue weighted by Crippen LogP contribution is 2.22. The molecule has 5 nitrogen and oxygen atoms in total. The Balaban J connectivity index is 1.61. The average molecular weight is 373 g/mol. The number of benzene rings is 1. The molecule has 2 N–H and O–H groups in total. The number of amides is 1. The van der Waals surface area contributed by atoms with Gasteiger partial charge in [0.1, 0.15) is 0 Å². The van der Waals surface area contributed by atoms with E-state index in [0.29, 0.717) is 12.5 Å². The van der Waals surface area contributed by atoms with Crippen molar-refractivity contribution in [2.45, 2.75) is 72.0 Å². The van der Waals surface area contributed by atoms with Crippen molar-refractivity contribution < 1.29 is 4.79 Å². The van der Waals surface area contributed by atoms with E-state index in [0.717, 1.165) is 44.4 Å². The van der Waals surface area contributed by atoms with Gasteiger partial charge in [-0.25, -0.2) is 0 Å². The molecule has 1 aromatic carbocycles. The Kier molecular flexibility index (Phi) is 8.62. The Hall–Kier alpha value is -2.04. The Morgan fingerprint density at radius 3 is 2.37 bits per heavy atom. The molecule has 0 bridgehead atoms. The number of guanidine groups is 1. The van der Waals surface area contributed by atoms with E-state index in [1.165, 1.54) is 24.0 Å². The van der Waals surface area contributed by atoms with E-state index in [9.17, 15) is 4.79 Å². The molecule has 1 aromatic rings. The molecule has 1 unspecified atom stereocenters. The second-order valence-corrected chi connectivity index (χ2v) is 7.99. The summed E-state index contributed by atoms with van der Waals surface area (Å²) in [5.74, 6) is 1.82. The van der Waals surface area contributed by atoms with Crippen LogP contribution in [-0.2, 0) is 17.9 Å². The maximum atomic E-state index is 12.4. The van der Waals surface area contributed by atoms with Crippen LogP contribution in [-0.4, -0.2) is 36.4 Å². The van der Waals surface area contributed by atoms with Gasteiger partial charge in [0.2, 0.25) is 5.91 Å². The van der Waals surface area contributed by atoms with Crippen LogP contribution in [0.4, 0.5) is 0 Å². The van der Waals surface area contributed by atoms with Crippen LogP contribution >= 0.6 is 0 Å². The first-order chi connectivity index (χ1) is 13.0. The smallest absolute Gasteiger partial charge is 0.223 e. The van der Waals surface area contributed by atoms with Crippen molar-refractivity contribution in [1.29, 1.82) is 0 Å². The van der Waals surface area contributed by atoms with Crippen LogP contribution in [0.3, 0.4) is 0 Å². The fraction of sp³-hybridized carbons (Fsp3) is 0.636. The van der Waals surface area contributed by atoms with Gasteiger partial charge in [-0.05, 0) is 36.8 Å². The SMILES string of the molecule is CN=C(NCCCC(=O)N1Cc2ccccc2C1)NC(C)CCCC(C)C. The Labute approximate surface area is 164 Å². The quantitative estimate of drug-likeness (QED) is 0.395. The standard InChI is InChI=1S/C22H36N4O/c1-17(2)9-7-10-18(3)25-22(23-4)24-14-8-13-21(27)26-15-19-11-5-6-12-20(19)16-26/h5-6,11-12,17-18H,7-10,13-16H2,1-4H3,(H2,23,24,25). The molecule has 0 radical (unpaired) electrons. The highest BCUT2D eigenvalue weighted by atomic mass is 16.2. The Bertz CT molecular complexity index is 601. The molecule has 0 aromatic heterocycles. The van der Waals surface area contributed by atoms with Crippen LogP contribution in [0.25, 0.3) is 0 Å². The average Bonchev–Trinajstić information content (AvgIpc) is 3.08. The highest BCUT2D eigenvalue weighted by molar-refractivity contribution is 5.80. The summed E-state index contributed by atoms with van der Waals surface area (Å²) in [5.41, 5.74) is 2.56. The topological polar surface area (TPSA) is 56.7 Å². The van der Waals surface area contributed by atoms with E-state index in [1.807, 2.05) is 17.0 Å². The molecule has 1 amide bonds. The zero-order chi connectivity index (χ0) is 19.6. The van der Waals surface area contributed by atoms with E-state index < -0.39 is 0 Å². The van der Waals surface area contributed by atoms with Crippen molar-refractivity contribution in [2.24, 2.45) is 10.9 Å². The maximum Gasteiger partial charge on any atom is 0.223 e. The van der Waals surface area contributed by atoms with Gasteiger partial charge < -0.3 is 15.5 Å². The van der Waals surface area contributed by atoms with Gasteiger partial charge in [0.05, 0.1) is 0 Å². The van der Waals surface area contributed by atoms with Crippen LogP contribution in [0.5, 0.6) is 0 Å². The lowest BCUT2D eigenvalue weighted by atomic mass is 10.0. The fourth-order valence-corrected chi connectivity index (χ4v) is 3.45. The summed E-state index contributed by atoms with van der Waals surface area (Å²) >= 11 is 0. The van der Waals surface area contributed by atoms with E-state index in [-0.39, 0.29) is 5.91 Å². The summed E-state index contributed by atoms with van der Waals surface area (Å²) in [5, 5.41) is 6.77. The number of nitrogens with one attached hydrogen (secondary N) is 2. The lowest BCUT2D eigenvalue weighted by Crippen LogP contribution is -2.42. The predicted octanol–water partition coefficient (Wildman–Crippen LogP) is 3.69. The molecule has 1 atom stereocenters. The summed E-state index contributed by atoms with van der Waals surface area (Å²) < 4.78 is 0. The molecular formula is C22H36N4O. The molecule has 0 saturated carbocycles. The zero-order valence-electron chi connectivity index (χ0n) is 17.4. The van der Waals surface area contributed by atoms with Crippen molar-refractivity contribution in [2.75, 3.05) is 13.6 Å². The number of aliphatic imine (C=N–C) groups is 1. The summed E-state index contributed by atoms with van der Waals surface area (Å²) in [7, 11) is 1.79. The maximum absolute atomic E-state index is 12.4. The Morgan fingerprint density at radius 1 is 1.11 bits per heavy atom. The van der Waals surface area contributed by atoms with Gasteiger partial charge in [-0.3, -0.25) is 9.79 Å². The third-order valence-electron chi connectivity index (χ3n) is 5.08. The highest BCUT2D eigenvalue weighted by Gasteiger charge is 2.22. The zero-order valence-corrected chi connectivity index (χ0v) is 17.4. The van der Waals surface area contributed by atoms with Crippen LogP contribution in [0, 0.1) is 5.92 Å². The molecule has 150 valence electrons. The van der Waals surface area contributed by atoms with Gasteiger partial charge in [-0.15, -0.1) is 0 Å².